The van der Waals surface area contributed by atoms with Crippen molar-refractivity contribution in [2.45, 2.75) is 52.0 Å². The number of carbonyl (C=O) groups is 1. The van der Waals surface area contributed by atoms with Crippen LogP contribution in [0, 0.1) is 0 Å². The molecule has 2 aromatic rings. The van der Waals surface area contributed by atoms with Gasteiger partial charge in [-0.3, -0.25) is 0 Å². The van der Waals surface area contributed by atoms with E-state index in [0.717, 1.165) is 52.1 Å². The summed E-state index contributed by atoms with van der Waals surface area (Å²) in [6.07, 6.45) is 4.85. The van der Waals surface area contributed by atoms with Crippen molar-refractivity contribution in [2.75, 3.05) is 25.0 Å². The van der Waals surface area contributed by atoms with Crippen LogP contribution in [0.4, 0.5) is 14.6 Å². The minimum atomic E-state index is -2.85. The van der Waals surface area contributed by atoms with E-state index in [1.54, 1.807) is 24.3 Å². The third kappa shape index (κ3) is 12.2. The van der Waals surface area contributed by atoms with Gasteiger partial charge in [0, 0.05) is 33.0 Å². The van der Waals surface area contributed by atoms with Crippen molar-refractivity contribution >= 4 is 12.1 Å². The van der Waals surface area contributed by atoms with Crippen molar-refractivity contribution in [1.82, 2.24) is 10.3 Å². The SMILES string of the molecule is C=C.CC(F)(F)c1cccc(N2CCCC2)n1.CCCC=O.CNCc1ccc(O)cc1. The standard InChI is InChI=1S/C11H14F2N2.C8H11NO.C4H8O.C2H4/c1-11(12,13)9-5-4-6-10(14-9)15-7-2-3-8-15;1-9-6-7-2-4-8(10)5-3-7;1-2-3-4-5;1-2/h4-6H,2-3,7-8H2,1H3;2-5,9-10H,6H2,1H3;4H,2-3H2,1H3;1-2H2. The maximum Gasteiger partial charge on any atom is 0.287 e. The number of alkyl halides is 2. The molecule has 5 nitrogen and oxygen atoms in total. The van der Waals surface area contributed by atoms with Gasteiger partial charge in [0.05, 0.1) is 0 Å². The van der Waals surface area contributed by atoms with E-state index in [-0.39, 0.29) is 5.69 Å². The Bertz CT molecular complexity index is 744. The lowest BCUT2D eigenvalue weighted by atomic mass is 10.2. The van der Waals surface area contributed by atoms with Crippen LogP contribution in [0.15, 0.2) is 55.6 Å². The number of halogens is 2. The van der Waals surface area contributed by atoms with Crippen LogP contribution in [0.5, 0.6) is 5.75 Å². The summed E-state index contributed by atoms with van der Waals surface area (Å²) in [4.78, 5) is 15.5. The molecule has 0 radical (unpaired) electrons. The number of aldehydes is 1. The second-order valence-corrected chi connectivity index (χ2v) is 7.12. The average Bonchev–Trinajstić information content (AvgIpc) is 3.33. The first-order valence-corrected chi connectivity index (χ1v) is 10.8. The Morgan fingerprint density at radius 2 is 1.75 bits per heavy atom. The van der Waals surface area contributed by atoms with Gasteiger partial charge in [0.25, 0.3) is 5.92 Å². The van der Waals surface area contributed by atoms with Crippen LogP contribution in [0.1, 0.15) is 50.8 Å². The number of anilines is 1. The Balaban J connectivity index is 0.000000489. The van der Waals surface area contributed by atoms with Crippen molar-refractivity contribution in [3.63, 3.8) is 0 Å². The fourth-order valence-corrected chi connectivity index (χ4v) is 2.73. The molecule has 0 unspecified atom stereocenters. The van der Waals surface area contributed by atoms with E-state index in [4.69, 9.17) is 5.11 Å². The van der Waals surface area contributed by atoms with E-state index in [1.807, 2.05) is 26.1 Å². The maximum absolute atomic E-state index is 13.0. The molecule has 1 fully saturated rings. The van der Waals surface area contributed by atoms with Crippen LogP contribution < -0.4 is 10.2 Å². The van der Waals surface area contributed by atoms with E-state index in [2.05, 4.69) is 28.4 Å². The molecule has 0 bridgehead atoms. The largest absolute Gasteiger partial charge is 0.508 e. The number of carbonyl (C=O) groups excluding carboxylic acids is 1. The zero-order chi connectivity index (χ0) is 24.4. The molecule has 1 saturated heterocycles. The zero-order valence-corrected chi connectivity index (χ0v) is 19.5. The molecule has 1 aliphatic rings. The quantitative estimate of drug-likeness (QED) is 0.438. The molecule has 1 aromatic heterocycles. The molecule has 0 amide bonds. The third-order valence-corrected chi connectivity index (χ3v) is 4.34. The smallest absolute Gasteiger partial charge is 0.287 e. The highest BCUT2D eigenvalue weighted by atomic mass is 19.3. The van der Waals surface area contributed by atoms with Gasteiger partial charge < -0.3 is 20.1 Å². The van der Waals surface area contributed by atoms with E-state index >= 15 is 0 Å². The molecule has 3 rings (SSSR count). The van der Waals surface area contributed by atoms with Crippen LogP contribution in [-0.4, -0.2) is 36.5 Å². The highest BCUT2D eigenvalue weighted by Crippen LogP contribution is 2.27. The van der Waals surface area contributed by atoms with Crippen molar-refractivity contribution < 1.29 is 18.7 Å². The summed E-state index contributed by atoms with van der Waals surface area (Å²) >= 11 is 0. The molecule has 0 atom stereocenters. The van der Waals surface area contributed by atoms with Crippen molar-refractivity contribution in [3.8, 4) is 5.75 Å². The summed E-state index contributed by atoms with van der Waals surface area (Å²) in [5.41, 5.74) is 1.03. The number of nitrogens with zero attached hydrogens (tertiary/aromatic N) is 2. The first-order valence-electron chi connectivity index (χ1n) is 10.8. The summed E-state index contributed by atoms with van der Waals surface area (Å²) < 4.78 is 26.1. The predicted molar refractivity (Wildman–Crippen MR) is 128 cm³/mol. The van der Waals surface area contributed by atoms with Crippen LogP contribution in [0.3, 0.4) is 0 Å². The van der Waals surface area contributed by atoms with Crippen molar-refractivity contribution in [2.24, 2.45) is 0 Å². The van der Waals surface area contributed by atoms with Crippen LogP contribution in [0.25, 0.3) is 0 Å². The second-order valence-electron chi connectivity index (χ2n) is 7.12. The lowest BCUT2D eigenvalue weighted by molar-refractivity contribution is -0.107. The summed E-state index contributed by atoms with van der Waals surface area (Å²) in [5.74, 6) is -1.86. The minimum Gasteiger partial charge on any atom is -0.508 e. The van der Waals surface area contributed by atoms with Crippen molar-refractivity contribution in [3.05, 3.63) is 66.9 Å². The first kappa shape index (κ1) is 29.2. The van der Waals surface area contributed by atoms with Gasteiger partial charge >= 0.3 is 0 Å². The topological polar surface area (TPSA) is 65.5 Å². The Morgan fingerprint density at radius 1 is 1.16 bits per heavy atom. The summed E-state index contributed by atoms with van der Waals surface area (Å²) in [5, 5.41) is 11.9. The van der Waals surface area contributed by atoms with Gasteiger partial charge in [-0.1, -0.05) is 25.1 Å². The number of nitrogens with one attached hydrogen (secondary N) is 1. The fourth-order valence-electron chi connectivity index (χ4n) is 2.73. The number of hydrogen-bond acceptors (Lipinski definition) is 5. The highest BCUT2D eigenvalue weighted by Gasteiger charge is 2.27. The normalized spacial score (nSPS) is 12.3. The maximum atomic E-state index is 13.0. The lowest BCUT2D eigenvalue weighted by Gasteiger charge is -2.18. The first-order chi connectivity index (χ1) is 15.3. The second kappa shape index (κ2) is 16.8. The van der Waals surface area contributed by atoms with Gasteiger partial charge in [-0.25, -0.2) is 4.98 Å². The van der Waals surface area contributed by atoms with E-state index in [0.29, 0.717) is 18.0 Å². The Labute approximate surface area is 191 Å². The Hall–Kier alpha value is -2.80. The van der Waals surface area contributed by atoms with Crippen LogP contribution in [-0.2, 0) is 17.3 Å². The summed E-state index contributed by atoms with van der Waals surface area (Å²) in [7, 11) is 1.90. The fraction of sp³-hybridized carbons (Fsp3) is 0.440. The number of hydrogen-bond donors (Lipinski definition) is 2. The van der Waals surface area contributed by atoms with E-state index in [9.17, 15) is 13.6 Å². The van der Waals surface area contributed by atoms with Crippen LogP contribution in [0.2, 0.25) is 0 Å². The molecular formula is C25H37F2N3O2. The van der Waals surface area contributed by atoms with Gasteiger partial charge in [-0.05, 0) is 56.1 Å². The number of unbranched alkanes of at least 4 members (excludes halogenated alkanes) is 1. The molecule has 2 N–H and O–H groups in total. The van der Waals surface area contributed by atoms with Crippen molar-refractivity contribution in [1.29, 1.82) is 0 Å². The molecule has 7 heteroatoms. The third-order valence-electron chi connectivity index (χ3n) is 4.34. The number of phenols is 1. The predicted octanol–water partition coefficient (Wildman–Crippen LogP) is 5.69. The number of benzene rings is 1. The van der Waals surface area contributed by atoms with Gasteiger partial charge in [0.1, 0.15) is 23.5 Å². The molecule has 2 heterocycles. The number of aromatic nitrogens is 1. The average molecular weight is 450 g/mol. The van der Waals surface area contributed by atoms with Gasteiger partial charge in [0.2, 0.25) is 0 Å². The molecule has 178 valence electrons. The summed E-state index contributed by atoms with van der Waals surface area (Å²) in [6, 6.07) is 12.0. The van der Waals surface area contributed by atoms with E-state index in [1.165, 1.54) is 11.6 Å². The van der Waals surface area contributed by atoms with Crippen LogP contribution >= 0.6 is 0 Å². The zero-order valence-electron chi connectivity index (χ0n) is 19.5. The monoisotopic (exact) mass is 449 g/mol. The van der Waals surface area contributed by atoms with Gasteiger partial charge in [-0.15, -0.1) is 13.2 Å². The molecule has 0 spiro atoms. The Kier molecular flexibility index (Phi) is 15.4. The number of phenolic OH excluding ortho intramolecular Hbond substituents is 1. The molecule has 1 aliphatic heterocycles. The highest BCUT2D eigenvalue weighted by molar-refractivity contribution is 5.48. The number of rotatable bonds is 6. The Morgan fingerprint density at radius 3 is 2.19 bits per heavy atom. The van der Waals surface area contributed by atoms with Gasteiger partial charge in [-0.2, -0.15) is 8.78 Å². The lowest BCUT2D eigenvalue weighted by Crippen LogP contribution is -2.20. The number of aromatic hydroxyl groups is 1. The van der Waals surface area contributed by atoms with E-state index < -0.39 is 5.92 Å². The number of pyridine rings is 1. The molecule has 32 heavy (non-hydrogen) atoms. The minimum absolute atomic E-state index is 0.146. The molecule has 0 saturated carbocycles. The van der Waals surface area contributed by atoms with Gasteiger partial charge in [0.15, 0.2) is 0 Å². The molecule has 0 aliphatic carbocycles. The summed E-state index contributed by atoms with van der Waals surface area (Å²) in [6.45, 7) is 11.6. The molecular weight excluding hydrogens is 412 g/mol. The molecule has 1 aromatic carbocycles.